The number of nitrogens with one attached hydrogen (secondary N) is 1. The second kappa shape index (κ2) is 8.61. The maximum Gasteiger partial charge on any atom is 0.255 e. The van der Waals surface area contributed by atoms with Gasteiger partial charge in [0.1, 0.15) is 10.8 Å². The number of benzene rings is 2. The van der Waals surface area contributed by atoms with E-state index in [-0.39, 0.29) is 24.3 Å². The molecule has 1 aromatic heterocycles. The summed E-state index contributed by atoms with van der Waals surface area (Å²) in [5.41, 5.74) is 1.45. The van der Waals surface area contributed by atoms with Crippen molar-refractivity contribution in [2.75, 3.05) is 20.2 Å². The van der Waals surface area contributed by atoms with Crippen LogP contribution in [-0.2, 0) is 4.79 Å². The van der Waals surface area contributed by atoms with Crippen molar-refractivity contribution >= 4 is 33.4 Å². The highest BCUT2D eigenvalue weighted by molar-refractivity contribution is 7.18. The summed E-state index contributed by atoms with van der Waals surface area (Å²) < 4.78 is 6.37. The van der Waals surface area contributed by atoms with Crippen molar-refractivity contribution in [1.82, 2.24) is 15.2 Å². The first-order valence-corrected chi connectivity index (χ1v) is 10.5. The number of methoxy groups -OCH3 is 1. The van der Waals surface area contributed by atoms with Crippen molar-refractivity contribution in [3.8, 4) is 5.75 Å². The van der Waals surface area contributed by atoms with E-state index in [1.54, 1.807) is 29.5 Å². The van der Waals surface area contributed by atoms with Crippen LogP contribution in [0.5, 0.6) is 5.75 Å². The quantitative estimate of drug-likeness (QED) is 0.672. The molecule has 1 N–H and O–H groups in total. The highest BCUT2D eigenvalue weighted by Crippen LogP contribution is 2.36. The van der Waals surface area contributed by atoms with Crippen LogP contribution in [0.1, 0.15) is 40.7 Å². The van der Waals surface area contributed by atoms with Crippen LogP contribution in [0.25, 0.3) is 10.2 Å². The van der Waals surface area contributed by atoms with Gasteiger partial charge >= 0.3 is 0 Å². The Balaban J connectivity index is 1.37. The molecule has 0 saturated carbocycles. The molecule has 150 valence electrons. The Morgan fingerprint density at radius 3 is 2.83 bits per heavy atom. The number of amides is 2. The summed E-state index contributed by atoms with van der Waals surface area (Å²) in [6.45, 7) is 1.03. The minimum absolute atomic E-state index is 0.0322. The second-order valence-electron chi connectivity index (χ2n) is 6.97. The first kappa shape index (κ1) is 19.4. The van der Waals surface area contributed by atoms with Crippen LogP contribution in [0, 0.1) is 0 Å². The van der Waals surface area contributed by atoms with Crippen LogP contribution in [0.2, 0.25) is 0 Å². The molecule has 0 radical (unpaired) electrons. The Morgan fingerprint density at radius 2 is 2.00 bits per heavy atom. The summed E-state index contributed by atoms with van der Waals surface area (Å²) in [7, 11) is 1.53. The summed E-state index contributed by atoms with van der Waals surface area (Å²) in [6.07, 6.45) is 2.17. The molecule has 1 saturated heterocycles. The van der Waals surface area contributed by atoms with E-state index in [1.165, 1.54) is 7.11 Å². The maximum atomic E-state index is 12.8. The molecular weight excluding hydrogens is 386 g/mol. The topological polar surface area (TPSA) is 71.5 Å². The molecule has 0 aliphatic carbocycles. The van der Waals surface area contributed by atoms with E-state index in [1.807, 2.05) is 29.2 Å². The van der Waals surface area contributed by atoms with E-state index < -0.39 is 0 Å². The average molecular weight is 410 g/mol. The molecule has 0 spiro atoms. The number of para-hydroxylation sites is 2. The molecule has 3 aromatic rings. The summed E-state index contributed by atoms with van der Waals surface area (Å²) in [5, 5.41) is 3.82. The van der Waals surface area contributed by atoms with Gasteiger partial charge in [-0.15, -0.1) is 11.3 Å². The molecule has 2 aromatic carbocycles. The number of ether oxygens (including phenoxy) is 1. The molecule has 29 heavy (non-hydrogen) atoms. The Morgan fingerprint density at radius 1 is 1.21 bits per heavy atom. The van der Waals surface area contributed by atoms with Crippen LogP contribution in [0.3, 0.4) is 0 Å². The van der Waals surface area contributed by atoms with Gasteiger partial charge < -0.3 is 15.0 Å². The summed E-state index contributed by atoms with van der Waals surface area (Å²) in [4.78, 5) is 31.8. The lowest BCUT2D eigenvalue weighted by molar-refractivity contribution is -0.132. The zero-order chi connectivity index (χ0) is 20.2. The predicted octanol–water partition coefficient (Wildman–Crippen LogP) is 3.79. The predicted molar refractivity (Wildman–Crippen MR) is 113 cm³/mol. The van der Waals surface area contributed by atoms with Gasteiger partial charge in [-0.3, -0.25) is 9.59 Å². The van der Waals surface area contributed by atoms with Crippen molar-refractivity contribution in [1.29, 1.82) is 0 Å². The van der Waals surface area contributed by atoms with E-state index in [0.717, 1.165) is 34.6 Å². The van der Waals surface area contributed by atoms with Crippen molar-refractivity contribution in [2.45, 2.75) is 25.3 Å². The molecule has 0 unspecified atom stereocenters. The molecule has 2 amide bonds. The molecule has 7 heteroatoms. The van der Waals surface area contributed by atoms with Gasteiger partial charge in [0.2, 0.25) is 5.91 Å². The minimum atomic E-state index is -0.237. The maximum absolute atomic E-state index is 12.8. The van der Waals surface area contributed by atoms with Crippen molar-refractivity contribution in [3.05, 3.63) is 59.1 Å². The number of rotatable bonds is 6. The fourth-order valence-electron chi connectivity index (χ4n) is 3.71. The van der Waals surface area contributed by atoms with Crippen LogP contribution < -0.4 is 10.1 Å². The van der Waals surface area contributed by atoms with Crippen LogP contribution in [0.4, 0.5) is 0 Å². The van der Waals surface area contributed by atoms with Gasteiger partial charge in [-0.25, -0.2) is 4.98 Å². The number of carbonyl (C=O) groups is 2. The first-order chi connectivity index (χ1) is 14.2. The number of hydrogen-bond donors (Lipinski definition) is 1. The highest BCUT2D eigenvalue weighted by Gasteiger charge is 2.31. The number of carbonyl (C=O) groups excluding carboxylic acids is 2. The molecule has 1 aliphatic rings. The van der Waals surface area contributed by atoms with E-state index in [0.29, 0.717) is 17.9 Å². The van der Waals surface area contributed by atoms with Crippen LogP contribution >= 0.6 is 11.3 Å². The largest absolute Gasteiger partial charge is 0.496 e. The fraction of sp³-hybridized carbons (Fsp3) is 0.318. The molecule has 0 bridgehead atoms. The lowest BCUT2D eigenvalue weighted by Crippen LogP contribution is -2.34. The molecule has 4 rings (SSSR count). The van der Waals surface area contributed by atoms with E-state index in [4.69, 9.17) is 9.72 Å². The number of aromatic nitrogens is 1. The zero-order valence-electron chi connectivity index (χ0n) is 16.3. The van der Waals surface area contributed by atoms with Gasteiger partial charge in [0, 0.05) is 19.5 Å². The van der Waals surface area contributed by atoms with Crippen molar-refractivity contribution in [3.63, 3.8) is 0 Å². The summed E-state index contributed by atoms with van der Waals surface area (Å²) >= 11 is 1.66. The molecule has 1 aliphatic heterocycles. The van der Waals surface area contributed by atoms with Crippen LogP contribution in [0.15, 0.2) is 48.5 Å². The third-order valence-electron chi connectivity index (χ3n) is 5.14. The first-order valence-electron chi connectivity index (χ1n) is 9.73. The fourth-order valence-corrected chi connectivity index (χ4v) is 4.82. The van der Waals surface area contributed by atoms with Gasteiger partial charge in [-0.2, -0.15) is 0 Å². The lowest BCUT2D eigenvalue weighted by atomic mass is 10.2. The van der Waals surface area contributed by atoms with Gasteiger partial charge in [0.25, 0.3) is 5.91 Å². The zero-order valence-corrected chi connectivity index (χ0v) is 17.1. The Bertz CT molecular complexity index is 1000. The van der Waals surface area contributed by atoms with Gasteiger partial charge in [0.05, 0.1) is 28.9 Å². The molecule has 6 nitrogen and oxygen atoms in total. The third-order valence-corrected chi connectivity index (χ3v) is 6.28. The Kier molecular flexibility index (Phi) is 5.76. The van der Waals surface area contributed by atoms with E-state index >= 15 is 0 Å². The molecule has 1 atom stereocenters. The average Bonchev–Trinajstić information content (AvgIpc) is 3.40. The lowest BCUT2D eigenvalue weighted by Gasteiger charge is -2.23. The normalized spacial score (nSPS) is 16.2. The number of nitrogens with zero attached hydrogens (tertiary/aromatic N) is 2. The number of thiazole rings is 1. The van der Waals surface area contributed by atoms with Crippen molar-refractivity contribution < 1.29 is 14.3 Å². The second-order valence-corrected chi connectivity index (χ2v) is 8.03. The van der Waals surface area contributed by atoms with E-state index in [2.05, 4.69) is 11.4 Å². The minimum Gasteiger partial charge on any atom is -0.496 e. The smallest absolute Gasteiger partial charge is 0.255 e. The molecular formula is C22H23N3O3S. The van der Waals surface area contributed by atoms with Gasteiger partial charge in [-0.05, 0) is 37.1 Å². The summed E-state index contributed by atoms with van der Waals surface area (Å²) in [6, 6.07) is 15.1. The Hall–Kier alpha value is -2.93. The number of likely N-dealkylation sites (tertiary alicyclic amines) is 1. The number of fused-ring (bicyclic) bond motifs is 1. The molecule has 1 fully saturated rings. The molecule has 2 heterocycles. The third kappa shape index (κ3) is 4.10. The monoisotopic (exact) mass is 409 g/mol. The summed E-state index contributed by atoms with van der Waals surface area (Å²) in [5.74, 6) is 0.332. The van der Waals surface area contributed by atoms with Crippen molar-refractivity contribution in [2.24, 2.45) is 0 Å². The van der Waals surface area contributed by atoms with E-state index in [9.17, 15) is 9.59 Å². The van der Waals surface area contributed by atoms with Crippen LogP contribution in [-0.4, -0.2) is 41.9 Å². The Labute approximate surface area is 173 Å². The van der Waals surface area contributed by atoms with Gasteiger partial charge in [0.15, 0.2) is 0 Å². The SMILES string of the molecule is COc1ccccc1C(=O)NCCC(=O)N1CCC[C@@H]1c1nc2ccccc2s1. The van der Waals surface area contributed by atoms with Gasteiger partial charge in [-0.1, -0.05) is 24.3 Å². The highest BCUT2D eigenvalue weighted by atomic mass is 32.1. The number of hydrogen-bond acceptors (Lipinski definition) is 5. The standard InChI is InChI=1S/C22H23N3O3S/c1-28-18-10-4-2-7-15(18)21(27)23-13-12-20(26)25-14-6-9-17(25)22-24-16-8-3-5-11-19(16)29-22/h2-5,7-8,10-11,17H,6,9,12-14H2,1H3,(H,23,27)/t17-/m1/s1.